The fourth-order valence-corrected chi connectivity index (χ4v) is 7.13. The molecule has 0 spiro atoms. The standard InChI is InChI=1S/C34H41F3N6O/c1-2-25-21-43(31-18-38-23-39-19-31)22-27-16-26(8-9-32(25)27)33(44)40-29-15-24(14-28(17-29)34(35,36)37)20-41-10-12-42(13-11-41)30-6-4-3-5-7-30/h8-9,14-19,23,25,30H,2-7,10-13,20-22H2,1H3,(H,40,44). The van der Waals surface area contributed by atoms with Gasteiger partial charge in [0.05, 0.1) is 23.6 Å². The zero-order valence-electron chi connectivity index (χ0n) is 25.3. The van der Waals surface area contributed by atoms with E-state index in [-0.39, 0.29) is 11.6 Å². The van der Waals surface area contributed by atoms with Gasteiger partial charge in [0.2, 0.25) is 0 Å². The summed E-state index contributed by atoms with van der Waals surface area (Å²) in [6, 6.07) is 10.2. The predicted molar refractivity (Wildman–Crippen MR) is 166 cm³/mol. The van der Waals surface area contributed by atoms with Gasteiger partial charge in [-0.3, -0.25) is 14.6 Å². The smallest absolute Gasteiger partial charge is 0.364 e. The number of fused-ring (bicyclic) bond motifs is 1. The van der Waals surface area contributed by atoms with Crippen LogP contribution in [0, 0.1) is 0 Å². The molecule has 44 heavy (non-hydrogen) atoms. The average Bonchev–Trinajstić information content (AvgIpc) is 3.04. The molecule has 0 radical (unpaired) electrons. The number of aromatic nitrogens is 2. The van der Waals surface area contributed by atoms with E-state index < -0.39 is 17.6 Å². The van der Waals surface area contributed by atoms with Gasteiger partial charge in [-0.1, -0.05) is 32.3 Å². The van der Waals surface area contributed by atoms with Crippen molar-refractivity contribution in [3.63, 3.8) is 0 Å². The van der Waals surface area contributed by atoms with Crippen LogP contribution in [-0.4, -0.2) is 64.4 Å². The lowest BCUT2D eigenvalue weighted by molar-refractivity contribution is -0.137. The fraction of sp³-hybridized carbons (Fsp3) is 0.500. The highest BCUT2D eigenvalue weighted by Crippen LogP contribution is 2.35. The number of rotatable bonds is 7. The average molecular weight is 607 g/mol. The van der Waals surface area contributed by atoms with Crippen LogP contribution in [0.25, 0.3) is 0 Å². The molecule has 0 bridgehead atoms. The summed E-state index contributed by atoms with van der Waals surface area (Å²) in [5.74, 6) is -0.140. The SMILES string of the molecule is CCC1CN(c2cncnc2)Cc2cc(C(=O)Nc3cc(CN4CCN(C5CCCCC5)CC4)cc(C(F)(F)F)c3)ccc21. The van der Waals surface area contributed by atoms with Crippen molar-refractivity contribution in [1.82, 2.24) is 19.8 Å². The lowest BCUT2D eigenvalue weighted by Crippen LogP contribution is -2.50. The van der Waals surface area contributed by atoms with Crippen molar-refractivity contribution < 1.29 is 18.0 Å². The number of nitrogens with one attached hydrogen (secondary N) is 1. The Morgan fingerprint density at radius 2 is 1.73 bits per heavy atom. The van der Waals surface area contributed by atoms with Gasteiger partial charge in [0.25, 0.3) is 5.91 Å². The number of amides is 1. The molecule has 1 atom stereocenters. The summed E-state index contributed by atoms with van der Waals surface area (Å²) in [5, 5.41) is 2.77. The maximum atomic E-state index is 13.9. The van der Waals surface area contributed by atoms with E-state index in [9.17, 15) is 18.0 Å². The van der Waals surface area contributed by atoms with Crippen LogP contribution in [0.3, 0.4) is 0 Å². The lowest BCUT2D eigenvalue weighted by atomic mass is 9.86. The van der Waals surface area contributed by atoms with E-state index in [1.165, 1.54) is 50.1 Å². The van der Waals surface area contributed by atoms with Gasteiger partial charge in [-0.2, -0.15) is 13.2 Å². The Bertz CT molecular complexity index is 1430. The molecule has 1 aromatic heterocycles. The number of piperazine rings is 1. The summed E-state index contributed by atoms with van der Waals surface area (Å²) in [7, 11) is 0. The van der Waals surface area contributed by atoms with Crippen molar-refractivity contribution in [2.45, 2.75) is 76.7 Å². The second kappa shape index (κ2) is 13.2. The van der Waals surface area contributed by atoms with E-state index in [1.54, 1.807) is 24.5 Å². The molecule has 234 valence electrons. The van der Waals surface area contributed by atoms with Gasteiger partial charge in [0.1, 0.15) is 6.33 Å². The fourth-order valence-electron chi connectivity index (χ4n) is 7.13. The molecule has 1 amide bonds. The normalized spacial score (nSPS) is 20.4. The summed E-state index contributed by atoms with van der Waals surface area (Å²) in [5.41, 5.74) is 3.52. The van der Waals surface area contributed by atoms with Gasteiger partial charge in [0, 0.05) is 69.0 Å². The van der Waals surface area contributed by atoms with Gasteiger partial charge < -0.3 is 10.2 Å². The van der Waals surface area contributed by atoms with Crippen LogP contribution in [0.4, 0.5) is 24.5 Å². The molecule has 2 fully saturated rings. The van der Waals surface area contributed by atoms with Crippen molar-refractivity contribution in [3.8, 4) is 0 Å². The number of carbonyl (C=O) groups is 1. The van der Waals surface area contributed by atoms with E-state index in [2.05, 4.69) is 36.9 Å². The summed E-state index contributed by atoms with van der Waals surface area (Å²) >= 11 is 0. The maximum Gasteiger partial charge on any atom is 0.416 e. The lowest BCUT2D eigenvalue weighted by Gasteiger charge is -2.40. The Hall–Kier alpha value is -3.50. The molecular weight excluding hydrogens is 565 g/mol. The van der Waals surface area contributed by atoms with Crippen LogP contribution in [0.1, 0.15) is 84.0 Å². The minimum Gasteiger partial charge on any atom is -0.364 e. The highest BCUT2D eigenvalue weighted by molar-refractivity contribution is 6.04. The van der Waals surface area contributed by atoms with Crippen molar-refractivity contribution in [1.29, 1.82) is 0 Å². The van der Waals surface area contributed by atoms with Crippen molar-refractivity contribution in [3.05, 3.63) is 82.9 Å². The molecule has 10 heteroatoms. The van der Waals surface area contributed by atoms with Crippen LogP contribution in [0.5, 0.6) is 0 Å². The zero-order valence-corrected chi connectivity index (χ0v) is 25.3. The Balaban J connectivity index is 1.16. The minimum absolute atomic E-state index is 0.160. The number of halogens is 3. The third-order valence-corrected chi connectivity index (χ3v) is 9.53. The highest BCUT2D eigenvalue weighted by atomic mass is 19.4. The van der Waals surface area contributed by atoms with Crippen LogP contribution < -0.4 is 10.2 Å². The second-order valence-electron chi connectivity index (χ2n) is 12.5. The molecule has 1 saturated carbocycles. The van der Waals surface area contributed by atoms with Crippen molar-refractivity contribution in [2.75, 3.05) is 42.9 Å². The molecule has 1 unspecified atom stereocenters. The van der Waals surface area contributed by atoms with Gasteiger partial charge >= 0.3 is 6.18 Å². The largest absolute Gasteiger partial charge is 0.416 e. The first-order valence-corrected chi connectivity index (χ1v) is 15.9. The number of hydrogen-bond donors (Lipinski definition) is 1. The van der Waals surface area contributed by atoms with Crippen LogP contribution in [0.15, 0.2) is 55.1 Å². The Kier molecular flexibility index (Phi) is 9.18. The molecule has 3 aliphatic rings. The zero-order chi connectivity index (χ0) is 30.7. The van der Waals surface area contributed by atoms with Gasteiger partial charge in [-0.05, 0) is 66.3 Å². The van der Waals surface area contributed by atoms with Gasteiger partial charge in [-0.15, -0.1) is 0 Å². The number of benzene rings is 2. The van der Waals surface area contributed by atoms with E-state index in [4.69, 9.17) is 0 Å². The molecule has 3 heterocycles. The molecular formula is C34H41F3N6O. The molecule has 1 N–H and O–H groups in total. The minimum atomic E-state index is -4.51. The first-order valence-electron chi connectivity index (χ1n) is 15.9. The van der Waals surface area contributed by atoms with E-state index >= 15 is 0 Å². The molecule has 3 aromatic rings. The van der Waals surface area contributed by atoms with Crippen molar-refractivity contribution in [2.24, 2.45) is 0 Å². The summed E-state index contributed by atoms with van der Waals surface area (Å²) in [6.07, 6.45) is 7.88. The monoisotopic (exact) mass is 606 g/mol. The summed E-state index contributed by atoms with van der Waals surface area (Å²) in [4.78, 5) is 28.7. The summed E-state index contributed by atoms with van der Waals surface area (Å²) < 4.78 is 41.8. The Labute approximate surface area is 257 Å². The molecule has 2 aromatic carbocycles. The molecule has 2 aliphatic heterocycles. The first-order chi connectivity index (χ1) is 21.3. The predicted octanol–water partition coefficient (Wildman–Crippen LogP) is 6.71. The number of hydrogen-bond acceptors (Lipinski definition) is 6. The van der Waals surface area contributed by atoms with E-state index in [1.807, 2.05) is 12.1 Å². The second-order valence-corrected chi connectivity index (χ2v) is 12.5. The van der Waals surface area contributed by atoms with Gasteiger partial charge in [0.15, 0.2) is 0 Å². The third-order valence-electron chi connectivity index (χ3n) is 9.53. The molecule has 6 rings (SSSR count). The molecule has 1 saturated heterocycles. The van der Waals surface area contributed by atoms with Crippen LogP contribution in [0.2, 0.25) is 0 Å². The third kappa shape index (κ3) is 7.07. The first kappa shape index (κ1) is 30.5. The van der Waals surface area contributed by atoms with E-state index in [0.29, 0.717) is 30.3 Å². The highest BCUT2D eigenvalue weighted by Gasteiger charge is 2.32. The quantitative estimate of drug-likeness (QED) is 0.323. The number of carbonyl (C=O) groups excluding carboxylic acids is 1. The topological polar surface area (TPSA) is 64.6 Å². The number of anilines is 2. The van der Waals surface area contributed by atoms with Gasteiger partial charge in [-0.25, -0.2) is 9.97 Å². The summed E-state index contributed by atoms with van der Waals surface area (Å²) in [6.45, 7) is 7.53. The molecule has 1 aliphatic carbocycles. The van der Waals surface area contributed by atoms with E-state index in [0.717, 1.165) is 56.5 Å². The Morgan fingerprint density at radius 3 is 2.43 bits per heavy atom. The van der Waals surface area contributed by atoms with Crippen molar-refractivity contribution >= 4 is 17.3 Å². The number of alkyl halides is 3. The van der Waals surface area contributed by atoms with Crippen LogP contribution >= 0.6 is 0 Å². The maximum absolute atomic E-state index is 13.9. The Morgan fingerprint density at radius 1 is 0.977 bits per heavy atom. The van der Waals surface area contributed by atoms with Crippen LogP contribution in [-0.2, 0) is 19.3 Å². The molecule has 7 nitrogen and oxygen atoms in total. The number of nitrogens with zero attached hydrogens (tertiary/aromatic N) is 5.